The number of nitrogens with one attached hydrogen (secondary N) is 1. The number of benzene rings is 1. The van der Waals surface area contributed by atoms with Gasteiger partial charge in [-0.3, -0.25) is 0 Å². The highest BCUT2D eigenvalue weighted by Crippen LogP contribution is 2.25. The van der Waals surface area contributed by atoms with E-state index in [4.69, 9.17) is 12.2 Å². The van der Waals surface area contributed by atoms with Crippen LogP contribution in [-0.4, -0.2) is 23.1 Å². The molecule has 3 atom stereocenters. The summed E-state index contributed by atoms with van der Waals surface area (Å²) >= 11 is 5.60. The number of rotatable bonds is 3. The second-order valence-corrected chi connectivity index (χ2v) is 6.40. The largest absolute Gasteiger partial charge is 0.360 e. The van der Waals surface area contributed by atoms with Gasteiger partial charge in [0.1, 0.15) is 0 Å². The van der Waals surface area contributed by atoms with Gasteiger partial charge in [-0.2, -0.15) is 0 Å². The van der Waals surface area contributed by atoms with Crippen molar-refractivity contribution < 1.29 is 0 Å². The molecule has 2 nitrogen and oxygen atoms in total. The van der Waals surface area contributed by atoms with E-state index < -0.39 is 0 Å². The van der Waals surface area contributed by atoms with E-state index >= 15 is 0 Å². The minimum atomic E-state index is 0.301. The van der Waals surface area contributed by atoms with Crippen LogP contribution in [0.2, 0.25) is 0 Å². The molecule has 20 heavy (non-hydrogen) atoms. The van der Waals surface area contributed by atoms with Crippen LogP contribution in [0.15, 0.2) is 30.3 Å². The summed E-state index contributed by atoms with van der Waals surface area (Å²) < 4.78 is 0. The van der Waals surface area contributed by atoms with Gasteiger partial charge in [-0.05, 0) is 43.5 Å². The molecule has 0 saturated heterocycles. The fourth-order valence-electron chi connectivity index (χ4n) is 2.92. The number of thiocarbonyl (C=S) groups is 1. The van der Waals surface area contributed by atoms with Crippen LogP contribution in [0.25, 0.3) is 0 Å². The average molecular weight is 290 g/mol. The zero-order valence-corrected chi connectivity index (χ0v) is 13.6. The van der Waals surface area contributed by atoms with E-state index in [1.54, 1.807) is 0 Å². The van der Waals surface area contributed by atoms with Crippen molar-refractivity contribution in [1.29, 1.82) is 0 Å². The third-order valence-electron chi connectivity index (χ3n) is 4.60. The van der Waals surface area contributed by atoms with Crippen molar-refractivity contribution in [3.63, 3.8) is 0 Å². The quantitative estimate of drug-likeness (QED) is 0.843. The molecule has 110 valence electrons. The standard InChI is InChI=1S/C17H26N2S/c1-13-9-7-8-12-16(13)18-17(20)19(3)14(2)15-10-5-4-6-11-15/h4-6,10-11,13-14,16H,7-9,12H2,1-3H3,(H,18,20)/t13-,14+,16+/m1/s1. The smallest absolute Gasteiger partial charge is 0.169 e. The Hall–Kier alpha value is -1.09. The van der Waals surface area contributed by atoms with Crippen LogP contribution in [0.5, 0.6) is 0 Å². The lowest BCUT2D eigenvalue weighted by atomic mass is 9.86. The monoisotopic (exact) mass is 290 g/mol. The molecule has 0 unspecified atom stereocenters. The minimum absolute atomic E-state index is 0.301. The van der Waals surface area contributed by atoms with E-state index in [1.165, 1.54) is 31.2 Å². The molecule has 0 aliphatic heterocycles. The second kappa shape index (κ2) is 7.07. The molecule has 0 spiro atoms. The van der Waals surface area contributed by atoms with Gasteiger partial charge in [-0.15, -0.1) is 0 Å². The SMILES string of the molecule is C[C@@H]1CCCC[C@@H]1NC(=S)N(C)[C@@H](C)c1ccccc1. The molecule has 1 aliphatic carbocycles. The lowest BCUT2D eigenvalue weighted by molar-refractivity contribution is 0.294. The van der Waals surface area contributed by atoms with E-state index in [-0.39, 0.29) is 0 Å². The molecular weight excluding hydrogens is 264 g/mol. The summed E-state index contributed by atoms with van der Waals surface area (Å²) in [6.07, 6.45) is 5.25. The molecule has 1 fully saturated rings. The maximum Gasteiger partial charge on any atom is 0.169 e. The minimum Gasteiger partial charge on any atom is -0.360 e. The van der Waals surface area contributed by atoms with E-state index in [0.717, 1.165) is 11.0 Å². The molecule has 1 saturated carbocycles. The molecule has 0 heterocycles. The first kappa shape index (κ1) is 15.3. The fraction of sp³-hybridized carbons (Fsp3) is 0.588. The van der Waals surface area contributed by atoms with Gasteiger partial charge in [-0.25, -0.2) is 0 Å². The van der Waals surface area contributed by atoms with E-state index in [9.17, 15) is 0 Å². The molecule has 0 amide bonds. The van der Waals surface area contributed by atoms with Gasteiger partial charge in [-0.1, -0.05) is 50.1 Å². The van der Waals surface area contributed by atoms with Gasteiger partial charge in [0.25, 0.3) is 0 Å². The van der Waals surface area contributed by atoms with Crippen molar-refractivity contribution in [2.75, 3.05) is 7.05 Å². The summed E-state index contributed by atoms with van der Waals surface area (Å²) in [5.74, 6) is 0.724. The zero-order chi connectivity index (χ0) is 14.5. The zero-order valence-electron chi connectivity index (χ0n) is 12.8. The average Bonchev–Trinajstić information content (AvgIpc) is 2.49. The summed E-state index contributed by atoms with van der Waals surface area (Å²) in [6, 6.07) is 11.4. The van der Waals surface area contributed by atoms with Crippen LogP contribution in [0, 0.1) is 5.92 Å². The second-order valence-electron chi connectivity index (χ2n) is 6.02. The van der Waals surface area contributed by atoms with Crippen LogP contribution in [-0.2, 0) is 0 Å². The van der Waals surface area contributed by atoms with Crippen LogP contribution < -0.4 is 5.32 Å². The van der Waals surface area contributed by atoms with Gasteiger partial charge < -0.3 is 10.2 Å². The van der Waals surface area contributed by atoms with Crippen molar-refractivity contribution >= 4 is 17.3 Å². The van der Waals surface area contributed by atoms with Crippen LogP contribution in [0.3, 0.4) is 0 Å². The summed E-state index contributed by atoms with van der Waals surface area (Å²) in [4.78, 5) is 2.17. The Bertz CT molecular complexity index is 432. The van der Waals surface area contributed by atoms with Crippen LogP contribution in [0.4, 0.5) is 0 Å². The first-order valence-corrected chi connectivity index (χ1v) is 8.08. The van der Waals surface area contributed by atoms with Gasteiger partial charge in [0.15, 0.2) is 5.11 Å². The van der Waals surface area contributed by atoms with Crippen molar-refractivity contribution in [3.05, 3.63) is 35.9 Å². The van der Waals surface area contributed by atoms with Crippen LogP contribution in [0.1, 0.15) is 51.1 Å². The Morgan fingerprint density at radius 1 is 1.25 bits per heavy atom. The summed E-state index contributed by atoms with van der Waals surface area (Å²) in [6.45, 7) is 4.54. The molecule has 3 heteroatoms. The third-order valence-corrected chi connectivity index (χ3v) is 5.01. The highest BCUT2D eigenvalue weighted by Gasteiger charge is 2.23. The van der Waals surface area contributed by atoms with Gasteiger partial charge in [0, 0.05) is 13.1 Å². The summed E-state index contributed by atoms with van der Waals surface area (Å²) in [5, 5.41) is 4.45. The summed E-state index contributed by atoms with van der Waals surface area (Å²) in [5.41, 5.74) is 1.30. The molecule has 1 aromatic carbocycles. The molecule has 1 aliphatic rings. The molecule has 1 N–H and O–H groups in total. The van der Waals surface area contributed by atoms with Crippen molar-refractivity contribution in [1.82, 2.24) is 10.2 Å². The molecule has 0 radical (unpaired) electrons. The molecule has 2 rings (SSSR count). The topological polar surface area (TPSA) is 15.3 Å². The Labute approximate surface area is 128 Å². The third kappa shape index (κ3) is 3.72. The Morgan fingerprint density at radius 2 is 1.90 bits per heavy atom. The first-order chi connectivity index (χ1) is 9.59. The number of nitrogens with zero attached hydrogens (tertiary/aromatic N) is 1. The van der Waals surface area contributed by atoms with Crippen molar-refractivity contribution in [3.8, 4) is 0 Å². The molecular formula is C17H26N2S. The summed E-state index contributed by atoms with van der Waals surface area (Å²) in [7, 11) is 2.08. The highest BCUT2D eigenvalue weighted by atomic mass is 32.1. The molecule has 0 bridgehead atoms. The predicted molar refractivity (Wildman–Crippen MR) is 89.8 cm³/mol. The van der Waals surface area contributed by atoms with Gasteiger partial charge in [0.2, 0.25) is 0 Å². The van der Waals surface area contributed by atoms with E-state index in [1.807, 2.05) is 0 Å². The Kier molecular flexibility index (Phi) is 5.41. The van der Waals surface area contributed by atoms with Crippen LogP contribution >= 0.6 is 12.2 Å². The normalized spacial score (nSPS) is 23.9. The van der Waals surface area contributed by atoms with E-state index in [0.29, 0.717) is 12.1 Å². The van der Waals surface area contributed by atoms with Crippen molar-refractivity contribution in [2.45, 2.75) is 51.6 Å². The Morgan fingerprint density at radius 3 is 2.55 bits per heavy atom. The number of hydrogen-bond donors (Lipinski definition) is 1. The first-order valence-electron chi connectivity index (χ1n) is 7.68. The molecule has 0 aromatic heterocycles. The fourth-order valence-corrected chi connectivity index (χ4v) is 3.23. The predicted octanol–water partition coefficient (Wildman–Crippen LogP) is 4.13. The molecule has 1 aromatic rings. The van der Waals surface area contributed by atoms with Crippen molar-refractivity contribution in [2.24, 2.45) is 5.92 Å². The Balaban J connectivity index is 1.94. The van der Waals surface area contributed by atoms with Gasteiger partial charge >= 0.3 is 0 Å². The lowest BCUT2D eigenvalue weighted by Gasteiger charge is -2.35. The number of hydrogen-bond acceptors (Lipinski definition) is 1. The van der Waals surface area contributed by atoms with Gasteiger partial charge in [0.05, 0.1) is 6.04 Å². The maximum absolute atomic E-state index is 5.60. The lowest BCUT2D eigenvalue weighted by Crippen LogP contribution is -2.47. The maximum atomic E-state index is 5.60. The van der Waals surface area contributed by atoms with E-state index in [2.05, 4.69) is 61.4 Å². The highest BCUT2D eigenvalue weighted by molar-refractivity contribution is 7.80.